The fourth-order valence-corrected chi connectivity index (χ4v) is 4.68. The minimum atomic E-state index is -4.09. The summed E-state index contributed by atoms with van der Waals surface area (Å²) in [4.78, 5) is 13.1. The molecule has 1 aromatic heterocycles. The van der Waals surface area contributed by atoms with Gasteiger partial charge in [0.25, 0.3) is 10.0 Å². The number of sulfonamides is 1. The van der Waals surface area contributed by atoms with Crippen molar-refractivity contribution < 1.29 is 41.0 Å². The van der Waals surface area contributed by atoms with E-state index in [-0.39, 0.29) is 41.6 Å². The maximum Gasteiger partial charge on any atom is 0.387 e. The fourth-order valence-electron chi connectivity index (χ4n) is 3.20. The van der Waals surface area contributed by atoms with Crippen molar-refractivity contribution in [2.75, 3.05) is 17.5 Å². The zero-order valence-electron chi connectivity index (χ0n) is 19.6. The first kappa shape index (κ1) is 27.5. The summed E-state index contributed by atoms with van der Waals surface area (Å²) in [6, 6.07) is 12.6. The second-order valence-electron chi connectivity index (χ2n) is 7.46. The van der Waals surface area contributed by atoms with Crippen molar-refractivity contribution in [3.05, 3.63) is 77.9 Å². The Bertz CT molecular complexity index is 1380. The largest absolute Gasteiger partial charge is 0.489 e. The van der Waals surface area contributed by atoms with Crippen LogP contribution in [0, 0.1) is 5.82 Å². The third kappa shape index (κ3) is 7.23. The lowest BCUT2D eigenvalue weighted by molar-refractivity contribution is -0.136. The van der Waals surface area contributed by atoms with E-state index in [9.17, 15) is 26.4 Å². The molecule has 8 nitrogen and oxygen atoms in total. The number of carboxylic acids is 1. The van der Waals surface area contributed by atoms with Gasteiger partial charge in [0, 0.05) is 18.7 Å². The maximum atomic E-state index is 13.8. The molecule has 0 amide bonds. The van der Waals surface area contributed by atoms with Crippen LogP contribution in [-0.4, -0.2) is 44.2 Å². The molecule has 0 unspecified atom stereocenters. The Morgan fingerprint density at radius 2 is 1.95 bits per heavy atom. The molecule has 196 valence electrons. The van der Waals surface area contributed by atoms with Gasteiger partial charge < -0.3 is 14.6 Å². The zero-order chi connectivity index (χ0) is 27.0. The molecule has 3 aromatic rings. The van der Waals surface area contributed by atoms with Gasteiger partial charge in [0.2, 0.25) is 0 Å². The molecule has 2 aromatic carbocycles. The van der Waals surface area contributed by atoms with E-state index in [2.05, 4.69) is 9.72 Å². The number of carboxylic acid groups (broad SMARTS) is 1. The Morgan fingerprint density at radius 1 is 1.19 bits per heavy atom. The van der Waals surface area contributed by atoms with Gasteiger partial charge in [0.1, 0.15) is 23.9 Å². The summed E-state index contributed by atoms with van der Waals surface area (Å²) in [5.41, 5.74) is 1.01. The molecule has 0 spiro atoms. The van der Waals surface area contributed by atoms with Crippen molar-refractivity contribution in [2.24, 2.45) is 0 Å². The van der Waals surface area contributed by atoms with Crippen LogP contribution in [0.5, 0.6) is 11.5 Å². The Hall–Kier alpha value is -4.06. The summed E-state index contributed by atoms with van der Waals surface area (Å²) in [5.74, 6) is -1.14. The molecule has 1 aliphatic rings. The normalized spacial score (nSPS) is 12.9. The number of hydrogen-bond acceptors (Lipinski definition) is 6. The van der Waals surface area contributed by atoms with E-state index in [1.54, 1.807) is 31.2 Å². The number of benzene rings is 2. The number of aliphatic carboxylic acids is 1. The van der Waals surface area contributed by atoms with Crippen molar-refractivity contribution >= 4 is 33.8 Å². The lowest BCUT2D eigenvalue weighted by Gasteiger charge is -2.30. The van der Waals surface area contributed by atoms with Crippen LogP contribution < -0.4 is 13.8 Å². The minimum absolute atomic E-state index is 0.0251. The van der Waals surface area contributed by atoms with Crippen LogP contribution in [0.15, 0.2) is 65.7 Å². The third-order valence-corrected chi connectivity index (χ3v) is 6.75. The second-order valence-corrected chi connectivity index (χ2v) is 9.32. The molecule has 4 rings (SSSR count). The van der Waals surface area contributed by atoms with Gasteiger partial charge in [-0.05, 0) is 48.0 Å². The quantitative estimate of drug-likeness (QED) is 0.450. The number of aromatic nitrogens is 1. The summed E-state index contributed by atoms with van der Waals surface area (Å²) < 4.78 is 76.5. The van der Waals surface area contributed by atoms with E-state index in [4.69, 9.17) is 9.84 Å². The number of fused-ring (bicyclic) bond motifs is 1. The highest BCUT2D eigenvalue weighted by molar-refractivity contribution is 7.92. The van der Waals surface area contributed by atoms with E-state index in [0.29, 0.717) is 11.3 Å². The van der Waals surface area contributed by atoms with Crippen molar-refractivity contribution in [2.45, 2.75) is 24.9 Å². The number of alkyl halides is 2. The van der Waals surface area contributed by atoms with Crippen LogP contribution in [0.4, 0.5) is 18.9 Å². The van der Waals surface area contributed by atoms with Crippen LogP contribution in [0.25, 0.3) is 12.2 Å². The summed E-state index contributed by atoms with van der Waals surface area (Å²) in [6.45, 7) is -1.33. The number of pyridine rings is 1. The van der Waals surface area contributed by atoms with E-state index in [1.165, 1.54) is 42.6 Å². The van der Waals surface area contributed by atoms with Crippen LogP contribution >= 0.6 is 0 Å². The molecule has 1 N–H and O–H groups in total. The van der Waals surface area contributed by atoms with E-state index < -0.39 is 28.4 Å². The van der Waals surface area contributed by atoms with E-state index in [1.807, 2.05) is 0 Å². The Balaban J connectivity index is 0.000000695. The number of nitrogens with zero attached hydrogens (tertiary/aromatic N) is 2. The van der Waals surface area contributed by atoms with Gasteiger partial charge in [-0.2, -0.15) is 8.78 Å². The summed E-state index contributed by atoms with van der Waals surface area (Å²) in [6.07, 6.45) is 4.76. The van der Waals surface area contributed by atoms with Gasteiger partial charge in [0.05, 0.1) is 22.8 Å². The van der Waals surface area contributed by atoms with Gasteiger partial charge in [-0.15, -0.1) is 0 Å². The summed E-state index contributed by atoms with van der Waals surface area (Å²) in [5, 5.41) is 7.72. The second kappa shape index (κ2) is 12.3. The molecular formula is C25H23F3N2O6S. The molecule has 0 saturated carbocycles. The highest BCUT2D eigenvalue weighted by Gasteiger charge is 2.30. The van der Waals surface area contributed by atoms with Gasteiger partial charge >= 0.3 is 12.6 Å². The van der Waals surface area contributed by atoms with E-state index >= 15 is 0 Å². The predicted octanol–water partition coefficient (Wildman–Crippen LogP) is 5.06. The number of carbonyl (C=O) groups is 1. The summed E-state index contributed by atoms with van der Waals surface area (Å²) >= 11 is 0. The number of ether oxygens (including phenoxy) is 2. The number of anilines is 1. The molecule has 0 saturated heterocycles. The zero-order valence-corrected chi connectivity index (χ0v) is 20.4. The molecule has 0 fully saturated rings. The standard InChI is InChI=1S/C22H17F3N2O4S.C3H6O2/c23-18-5-2-10-26-19(18)8-6-15-7-9-21-20(13-15)27(11-12-30-21)32(28,29)17-4-1-3-16(14-17)31-22(24)25;1-2-3(4)5/h1-10,13-14,22H,11-12H2;2H2,1H3,(H,4,5)/b8-6+;. The molecular weight excluding hydrogens is 513 g/mol. The van der Waals surface area contributed by atoms with Crippen LogP contribution in [0.1, 0.15) is 24.6 Å². The summed E-state index contributed by atoms with van der Waals surface area (Å²) in [7, 11) is -4.09. The molecule has 0 bridgehead atoms. The predicted molar refractivity (Wildman–Crippen MR) is 131 cm³/mol. The maximum absolute atomic E-state index is 13.8. The van der Waals surface area contributed by atoms with Gasteiger partial charge in [-0.25, -0.2) is 12.8 Å². The Labute approximate surface area is 211 Å². The first-order valence-corrected chi connectivity index (χ1v) is 12.4. The first-order chi connectivity index (χ1) is 17.6. The van der Waals surface area contributed by atoms with Gasteiger partial charge in [-0.3, -0.25) is 14.1 Å². The monoisotopic (exact) mass is 536 g/mol. The molecule has 1 aliphatic heterocycles. The Morgan fingerprint density at radius 3 is 2.62 bits per heavy atom. The van der Waals surface area contributed by atoms with Crippen molar-refractivity contribution in [1.29, 1.82) is 0 Å². The average Bonchev–Trinajstić information content (AvgIpc) is 2.88. The SMILES string of the molecule is CCC(=O)O.O=S(=O)(c1cccc(OC(F)F)c1)N1CCOc2ccc(/C=C/c3ncccc3F)cc21. The molecule has 0 aliphatic carbocycles. The molecule has 12 heteroatoms. The molecule has 0 radical (unpaired) electrons. The highest BCUT2D eigenvalue weighted by Crippen LogP contribution is 2.37. The highest BCUT2D eigenvalue weighted by atomic mass is 32.2. The van der Waals surface area contributed by atoms with Crippen molar-refractivity contribution in [3.8, 4) is 11.5 Å². The van der Waals surface area contributed by atoms with Crippen LogP contribution in [0.2, 0.25) is 0 Å². The topological polar surface area (TPSA) is 106 Å². The lowest BCUT2D eigenvalue weighted by atomic mass is 10.1. The Kier molecular flexibility index (Phi) is 9.12. The van der Waals surface area contributed by atoms with Crippen molar-refractivity contribution in [3.63, 3.8) is 0 Å². The average molecular weight is 537 g/mol. The molecule has 37 heavy (non-hydrogen) atoms. The molecule has 0 atom stereocenters. The number of rotatable bonds is 7. The van der Waals surface area contributed by atoms with Crippen molar-refractivity contribution in [1.82, 2.24) is 4.98 Å². The van der Waals surface area contributed by atoms with Crippen LogP contribution in [-0.2, 0) is 14.8 Å². The van der Waals surface area contributed by atoms with E-state index in [0.717, 1.165) is 10.4 Å². The first-order valence-electron chi connectivity index (χ1n) is 11.0. The number of halogens is 3. The number of hydrogen-bond donors (Lipinski definition) is 1. The third-order valence-electron chi connectivity index (χ3n) is 4.95. The minimum Gasteiger partial charge on any atom is -0.489 e. The smallest absolute Gasteiger partial charge is 0.387 e. The molecule has 2 heterocycles. The van der Waals surface area contributed by atoms with Gasteiger partial charge in [0.15, 0.2) is 0 Å². The lowest BCUT2D eigenvalue weighted by Crippen LogP contribution is -2.38. The fraction of sp³-hybridized carbons (Fsp3) is 0.200. The van der Waals surface area contributed by atoms with Crippen LogP contribution in [0.3, 0.4) is 0 Å². The van der Waals surface area contributed by atoms with Gasteiger partial charge in [-0.1, -0.05) is 25.1 Å².